The van der Waals surface area contributed by atoms with Gasteiger partial charge in [-0.05, 0) is 42.9 Å². The summed E-state index contributed by atoms with van der Waals surface area (Å²) in [6.07, 6.45) is 3.10. The smallest absolute Gasteiger partial charge is 0.317 e. The summed E-state index contributed by atoms with van der Waals surface area (Å²) >= 11 is 0. The molecule has 6 heteroatoms. The van der Waals surface area contributed by atoms with E-state index in [1.807, 2.05) is 23.1 Å². The minimum atomic E-state index is -0.0959. The minimum Gasteiger partial charge on any atom is -0.377 e. The Hall–Kier alpha value is -2.08. The summed E-state index contributed by atoms with van der Waals surface area (Å²) in [6, 6.07) is 7.72. The summed E-state index contributed by atoms with van der Waals surface area (Å²) in [5.41, 5.74) is 1.68. The van der Waals surface area contributed by atoms with Crippen LogP contribution in [0.5, 0.6) is 0 Å². The molecule has 1 aromatic rings. The first kappa shape index (κ1) is 16.8. The van der Waals surface area contributed by atoms with E-state index in [0.29, 0.717) is 44.2 Å². The van der Waals surface area contributed by atoms with Crippen molar-refractivity contribution in [2.75, 3.05) is 33.4 Å². The van der Waals surface area contributed by atoms with E-state index < -0.39 is 0 Å². The number of amides is 3. The summed E-state index contributed by atoms with van der Waals surface area (Å²) < 4.78 is 5.52. The molecule has 6 nitrogen and oxygen atoms in total. The Balaban J connectivity index is 1.50. The van der Waals surface area contributed by atoms with E-state index in [4.69, 9.17) is 4.74 Å². The Labute approximate surface area is 142 Å². The first-order valence-electron chi connectivity index (χ1n) is 8.62. The van der Waals surface area contributed by atoms with Crippen molar-refractivity contribution in [1.29, 1.82) is 0 Å². The lowest BCUT2D eigenvalue weighted by Crippen LogP contribution is -2.53. The van der Waals surface area contributed by atoms with E-state index in [0.717, 1.165) is 5.56 Å². The third kappa shape index (κ3) is 4.06. The highest BCUT2D eigenvalue weighted by Gasteiger charge is 2.39. The van der Waals surface area contributed by atoms with Crippen LogP contribution in [0.15, 0.2) is 24.3 Å². The van der Waals surface area contributed by atoms with E-state index >= 15 is 0 Å². The van der Waals surface area contributed by atoms with Gasteiger partial charge in [0.2, 0.25) is 0 Å². The fourth-order valence-corrected chi connectivity index (χ4v) is 3.17. The molecule has 1 aromatic carbocycles. The third-order valence-electron chi connectivity index (χ3n) is 4.70. The number of hydrogen-bond acceptors (Lipinski definition) is 3. The standard InChI is InChI=1S/C18H25N3O3/c1-19-17(22)15-4-2-3-13(11-15)7-8-20-18(23)21-9-10-24-12-16(21)14-5-6-14/h2-4,11,14,16H,5-10,12H2,1H3,(H,19,22)(H,20,23). The average molecular weight is 331 g/mol. The molecule has 0 aromatic heterocycles. The molecule has 3 rings (SSSR count). The van der Waals surface area contributed by atoms with Gasteiger partial charge in [0.15, 0.2) is 0 Å². The molecule has 3 amide bonds. The SMILES string of the molecule is CNC(=O)c1cccc(CCNC(=O)N2CCOCC2C2CC2)c1. The van der Waals surface area contributed by atoms with Gasteiger partial charge in [0.05, 0.1) is 19.3 Å². The summed E-state index contributed by atoms with van der Waals surface area (Å²) in [5, 5.41) is 5.63. The Morgan fingerprint density at radius 2 is 2.17 bits per heavy atom. The Morgan fingerprint density at radius 3 is 2.92 bits per heavy atom. The zero-order valence-corrected chi connectivity index (χ0v) is 14.1. The zero-order valence-electron chi connectivity index (χ0n) is 14.1. The lowest BCUT2D eigenvalue weighted by molar-refractivity contribution is 0.00477. The highest BCUT2D eigenvalue weighted by atomic mass is 16.5. The van der Waals surface area contributed by atoms with Crippen LogP contribution in [0.4, 0.5) is 4.79 Å². The van der Waals surface area contributed by atoms with Gasteiger partial charge in [0, 0.05) is 25.7 Å². The molecular formula is C18H25N3O3. The van der Waals surface area contributed by atoms with Gasteiger partial charge >= 0.3 is 6.03 Å². The zero-order chi connectivity index (χ0) is 16.9. The molecule has 1 saturated carbocycles. The Morgan fingerprint density at radius 1 is 1.33 bits per heavy atom. The van der Waals surface area contributed by atoms with Crippen LogP contribution in [-0.4, -0.2) is 56.2 Å². The topological polar surface area (TPSA) is 70.7 Å². The van der Waals surface area contributed by atoms with Gasteiger partial charge in [-0.2, -0.15) is 0 Å². The number of benzene rings is 1. The van der Waals surface area contributed by atoms with Crippen molar-refractivity contribution in [2.45, 2.75) is 25.3 Å². The van der Waals surface area contributed by atoms with Gasteiger partial charge in [-0.25, -0.2) is 4.79 Å². The van der Waals surface area contributed by atoms with Crippen LogP contribution >= 0.6 is 0 Å². The molecule has 1 atom stereocenters. The quantitative estimate of drug-likeness (QED) is 0.857. The number of morpholine rings is 1. The van der Waals surface area contributed by atoms with Crippen LogP contribution in [-0.2, 0) is 11.2 Å². The van der Waals surface area contributed by atoms with Gasteiger partial charge in [-0.1, -0.05) is 12.1 Å². The lowest BCUT2D eigenvalue weighted by atomic mass is 10.1. The fourth-order valence-electron chi connectivity index (χ4n) is 3.17. The first-order valence-corrected chi connectivity index (χ1v) is 8.62. The molecule has 24 heavy (non-hydrogen) atoms. The average Bonchev–Trinajstić information content (AvgIpc) is 3.46. The first-order chi connectivity index (χ1) is 11.7. The number of urea groups is 1. The number of hydrogen-bond donors (Lipinski definition) is 2. The number of carbonyl (C=O) groups is 2. The largest absolute Gasteiger partial charge is 0.377 e. The monoisotopic (exact) mass is 331 g/mol. The summed E-state index contributed by atoms with van der Waals surface area (Å²) in [5.74, 6) is 0.516. The molecule has 0 bridgehead atoms. The van der Waals surface area contributed by atoms with Crippen LogP contribution in [0.3, 0.4) is 0 Å². The van der Waals surface area contributed by atoms with Crippen molar-refractivity contribution < 1.29 is 14.3 Å². The second kappa shape index (κ2) is 7.66. The molecule has 1 aliphatic heterocycles. The predicted octanol–water partition coefficient (Wildman–Crippen LogP) is 1.41. The van der Waals surface area contributed by atoms with Crippen molar-refractivity contribution in [1.82, 2.24) is 15.5 Å². The Kier molecular flexibility index (Phi) is 5.35. The number of ether oxygens (including phenoxy) is 1. The van der Waals surface area contributed by atoms with Crippen LogP contribution < -0.4 is 10.6 Å². The Bertz CT molecular complexity index is 601. The third-order valence-corrected chi connectivity index (χ3v) is 4.70. The van der Waals surface area contributed by atoms with Gasteiger partial charge in [-0.15, -0.1) is 0 Å². The van der Waals surface area contributed by atoms with Crippen LogP contribution in [0.25, 0.3) is 0 Å². The number of nitrogens with zero attached hydrogens (tertiary/aromatic N) is 1. The van der Waals surface area contributed by atoms with Crippen LogP contribution in [0.1, 0.15) is 28.8 Å². The molecule has 0 spiro atoms. The van der Waals surface area contributed by atoms with Gasteiger partial charge in [0.1, 0.15) is 0 Å². The summed E-state index contributed by atoms with van der Waals surface area (Å²) in [4.78, 5) is 26.0. The van der Waals surface area contributed by atoms with E-state index in [2.05, 4.69) is 10.6 Å². The lowest BCUT2D eigenvalue weighted by Gasteiger charge is -2.35. The van der Waals surface area contributed by atoms with Crippen molar-refractivity contribution >= 4 is 11.9 Å². The molecule has 2 aliphatic rings. The van der Waals surface area contributed by atoms with Gasteiger partial charge in [-0.3, -0.25) is 4.79 Å². The number of carbonyl (C=O) groups excluding carboxylic acids is 2. The normalized spacial score (nSPS) is 20.5. The van der Waals surface area contributed by atoms with Crippen molar-refractivity contribution in [2.24, 2.45) is 5.92 Å². The predicted molar refractivity (Wildman–Crippen MR) is 91.0 cm³/mol. The maximum atomic E-state index is 12.4. The maximum Gasteiger partial charge on any atom is 0.317 e. The van der Waals surface area contributed by atoms with E-state index in [1.165, 1.54) is 12.8 Å². The second-order valence-corrected chi connectivity index (χ2v) is 6.43. The highest BCUT2D eigenvalue weighted by molar-refractivity contribution is 5.94. The molecule has 0 radical (unpaired) electrons. The molecule has 2 fully saturated rings. The molecule has 130 valence electrons. The van der Waals surface area contributed by atoms with Crippen molar-refractivity contribution in [3.05, 3.63) is 35.4 Å². The minimum absolute atomic E-state index is 0.00217. The molecule has 1 aliphatic carbocycles. The molecule has 1 saturated heterocycles. The molecule has 2 N–H and O–H groups in total. The molecular weight excluding hydrogens is 306 g/mol. The van der Waals surface area contributed by atoms with E-state index in [9.17, 15) is 9.59 Å². The molecule has 1 heterocycles. The summed E-state index contributed by atoms with van der Waals surface area (Å²) in [6.45, 7) is 2.50. The van der Waals surface area contributed by atoms with Gasteiger partial charge < -0.3 is 20.3 Å². The maximum absolute atomic E-state index is 12.4. The van der Waals surface area contributed by atoms with E-state index in [-0.39, 0.29) is 18.0 Å². The fraction of sp³-hybridized carbons (Fsp3) is 0.556. The summed E-state index contributed by atoms with van der Waals surface area (Å²) in [7, 11) is 1.62. The van der Waals surface area contributed by atoms with E-state index in [1.54, 1.807) is 13.1 Å². The van der Waals surface area contributed by atoms with Crippen LogP contribution in [0.2, 0.25) is 0 Å². The van der Waals surface area contributed by atoms with Crippen molar-refractivity contribution in [3.63, 3.8) is 0 Å². The van der Waals surface area contributed by atoms with Crippen LogP contribution in [0, 0.1) is 5.92 Å². The van der Waals surface area contributed by atoms with Crippen molar-refractivity contribution in [3.8, 4) is 0 Å². The molecule has 1 unspecified atom stereocenters. The highest BCUT2D eigenvalue weighted by Crippen LogP contribution is 2.36. The number of nitrogens with one attached hydrogen (secondary N) is 2. The van der Waals surface area contributed by atoms with Gasteiger partial charge in [0.25, 0.3) is 5.91 Å². The number of rotatable bonds is 5. The second-order valence-electron chi connectivity index (χ2n) is 6.43.